The molecular formula is C12H20N4O. The number of rotatable bonds is 6. The van der Waals surface area contributed by atoms with Crippen LogP contribution in [0.15, 0.2) is 12.4 Å². The van der Waals surface area contributed by atoms with Gasteiger partial charge in [-0.3, -0.25) is 0 Å². The third-order valence-corrected chi connectivity index (χ3v) is 3.22. The molecule has 94 valence electrons. The molecule has 1 aliphatic carbocycles. The molecule has 1 aliphatic rings. The SMILES string of the molecule is CN(CC1CCC1)c1cc(NCCO)ncn1. The van der Waals surface area contributed by atoms with Gasteiger partial charge in [0, 0.05) is 26.2 Å². The fourth-order valence-corrected chi connectivity index (χ4v) is 1.99. The van der Waals surface area contributed by atoms with Gasteiger partial charge in [-0.05, 0) is 18.8 Å². The average molecular weight is 236 g/mol. The van der Waals surface area contributed by atoms with Crippen LogP contribution in [-0.4, -0.2) is 41.8 Å². The van der Waals surface area contributed by atoms with Gasteiger partial charge >= 0.3 is 0 Å². The van der Waals surface area contributed by atoms with Crippen LogP contribution in [0.4, 0.5) is 11.6 Å². The number of aromatic nitrogens is 2. The highest BCUT2D eigenvalue weighted by Gasteiger charge is 2.19. The Morgan fingerprint density at radius 2 is 2.29 bits per heavy atom. The van der Waals surface area contributed by atoms with E-state index in [1.165, 1.54) is 19.3 Å². The summed E-state index contributed by atoms with van der Waals surface area (Å²) in [4.78, 5) is 10.6. The summed E-state index contributed by atoms with van der Waals surface area (Å²) in [6, 6.07) is 1.92. The van der Waals surface area contributed by atoms with Gasteiger partial charge in [-0.1, -0.05) is 6.42 Å². The van der Waals surface area contributed by atoms with E-state index in [4.69, 9.17) is 5.11 Å². The minimum absolute atomic E-state index is 0.108. The molecule has 0 aromatic carbocycles. The van der Waals surface area contributed by atoms with Gasteiger partial charge in [0.05, 0.1) is 6.61 Å². The van der Waals surface area contributed by atoms with E-state index in [0.717, 1.165) is 24.1 Å². The molecule has 1 heterocycles. The summed E-state index contributed by atoms with van der Waals surface area (Å²) in [5, 5.41) is 11.8. The van der Waals surface area contributed by atoms with Crippen molar-refractivity contribution in [2.24, 2.45) is 5.92 Å². The first-order valence-electron chi connectivity index (χ1n) is 6.17. The monoisotopic (exact) mass is 236 g/mol. The third-order valence-electron chi connectivity index (χ3n) is 3.22. The molecule has 0 spiro atoms. The molecule has 0 saturated heterocycles. The quantitative estimate of drug-likeness (QED) is 0.775. The van der Waals surface area contributed by atoms with Crippen LogP contribution in [0.3, 0.4) is 0 Å². The van der Waals surface area contributed by atoms with Crippen LogP contribution >= 0.6 is 0 Å². The van der Waals surface area contributed by atoms with E-state index < -0.39 is 0 Å². The van der Waals surface area contributed by atoms with Gasteiger partial charge in [0.1, 0.15) is 18.0 Å². The van der Waals surface area contributed by atoms with Crippen molar-refractivity contribution in [2.45, 2.75) is 19.3 Å². The second kappa shape index (κ2) is 5.82. The lowest BCUT2D eigenvalue weighted by molar-refractivity contribution is 0.311. The standard InChI is InChI=1S/C12H20N4O/c1-16(8-10-3-2-4-10)12-7-11(13-5-6-17)14-9-15-12/h7,9-10,17H,2-6,8H2,1H3,(H,13,14,15). The van der Waals surface area contributed by atoms with Gasteiger partial charge < -0.3 is 15.3 Å². The predicted octanol–water partition coefficient (Wildman–Crippen LogP) is 1.12. The maximum atomic E-state index is 8.75. The van der Waals surface area contributed by atoms with Gasteiger partial charge in [0.2, 0.25) is 0 Å². The highest BCUT2D eigenvalue weighted by molar-refractivity contribution is 5.47. The number of aliphatic hydroxyl groups is 1. The topological polar surface area (TPSA) is 61.3 Å². The van der Waals surface area contributed by atoms with Crippen molar-refractivity contribution in [2.75, 3.05) is 37.0 Å². The summed E-state index contributed by atoms with van der Waals surface area (Å²) < 4.78 is 0. The van der Waals surface area contributed by atoms with E-state index in [1.54, 1.807) is 6.33 Å². The van der Waals surface area contributed by atoms with E-state index in [-0.39, 0.29) is 6.61 Å². The van der Waals surface area contributed by atoms with Crippen LogP contribution in [0.1, 0.15) is 19.3 Å². The molecule has 17 heavy (non-hydrogen) atoms. The molecule has 0 amide bonds. The van der Waals surface area contributed by atoms with Crippen LogP contribution in [-0.2, 0) is 0 Å². The van der Waals surface area contributed by atoms with E-state index in [1.807, 2.05) is 6.07 Å². The normalized spacial score (nSPS) is 15.4. The van der Waals surface area contributed by atoms with Crippen molar-refractivity contribution in [3.63, 3.8) is 0 Å². The molecule has 0 atom stereocenters. The van der Waals surface area contributed by atoms with Gasteiger partial charge in [-0.15, -0.1) is 0 Å². The first-order chi connectivity index (χ1) is 8.29. The van der Waals surface area contributed by atoms with E-state index in [2.05, 4.69) is 27.2 Å². The van der Waals surface area contributed by atoms with Gasteiger partial charge in [-0.2, -0.15) is 0 Å². The third kappa shape index (κ3) is 3.30. The summed E-state index contributed by atoms with van der Waals surface area (Å²) in [5.74, 6) is 2.53. The number of hydrogen-bond donors (Lipinski definition) is 2. The molecule has 0 unspecified atom stereocenters. The highest BCUT2D eigenvalue weighted by atomic mass is 16.3. The second-order valence-corrected chi connectivity index (χ2v) is 4.59. The van der Waals surface area contributed by atoms with Crippen molar-refractivity contribution >= 4 is 11.6 Å². The molecule has 2 N–H and O–H groups in total. The number of hydrogen-bond acceptors (Lipinski definition) is 5. The maximum absolute atomic E-state index is 8.75. The molecule has 0 radical (unpaired) electrons. The first-order valence-corrected chi connectivity index (χ1v) is 6.17. The number of anilines is 2. The highest BCUT2D eigenvalue weighted by Crippen LogP contribution is 2.28. The summed E-state index contributed by atoms with van der Waals surface area (Å²) in [7, 11) is 2.07. The Bertz CT molecular complexity index is 354. The summed E-state index contributed by atoms with van der Waals surface area (Å²) >= 11 is 0. The van der Waals surface area contributed by atoms with Crippen LogP contribution in [0.2, 0.25) is 0 Å². The van der Waals surface area contributed by atoms with Crippen molar-refractivity contribution in [1.29, 1.82) is 0 Å². The molecule has 1 aromatic heterocycles. The van der Waals surface area contributed by atoms with Crippen LogP contribution < -0.4 is 10.2 Å². The fraction of sp³-hybridized carbons (Fsp3) is 0.667. The Kier molecular flexibility index (Phi) is 4.14. The zero-order valence-corrected chi connectivity index (χ0v) is 10.3. The van der Waals surface area contributed by atoms with Crippen molar-refractivity contribution < 1.29 is 5.11 Å². The first kappa shape index (κ1) is 12.1. The zero-order valence-electron chi connectivity index (χ0n) is 10.3. The Morgan fingerprint density at radius 1 is 1.47 bits per heavy atom. The molecule has 5 heteroatoms. The number of aliphatic hydroxyl groups excluding tert-OH is 1. The average Bonchev–Trinajstić information content (AvgIpc) is 2.31. The smallest absolute Gasteiger partial charge is 0.133 e. The second-order valence-electron chi connectivity index (χ2n) is 4.59. The van der Waals surface area contributed by atoms with E-state index in [0.29, 0.717) is 6.54 Å². The zero-order chi connectivity index (χ0) is 12.1. The van der Waals surface area contributed by atoms with Crippen molar-refractivity contribution in [3.8, 4) is 0 Å². The Balaban J connectivity index is 1.93. The summed E-state index contributed by atoms with van der Waals surface area (Å²) in [6.07, 6.45) is 5.61. The number of nitrogens with one attached hydrogen (secondary N) is 1. The molecule has 1 fully saturated rings. The molecule has 1 saturated carbocycles. The fourth-order valence-electron chi connectivity index (χ4n) is 1.99. The molecular weight excluding hydrogens is 216 g/mol. The lowest BCUT2D eigenvalue weighted by Crippen LogP contribution is -2.29. The molecule has 0 bridgehead atoms. The van der Waals surface area contributed by atoms with Crippen LogP contribution in [0.5, 0.6) is 0 Å². The largest absolute Gasteiger partial charge is 0.395 e. The van der Waals surface area contributed by atoms with Crippen LogP contribution in [0.25, 0.3) is 0 Å². The minimum atomic E-state index is 0.108. The maximum Gasteiger partial charge on any atom is 0.133 e. The lowest BCUT2D eigenvalue weighted by atomic mass is 9.85. The number of nitrogens with zero attached hydrogens (tertiary/aromatic N) is 3. The minimum Gasteiger partial charge on any atom is -0.395 e. The van der Waals surface area contributed by atoms with Crippen molar-refractivity contribution in [1.82, 2.24) is 9.97 Å². The van der Waals surface area contributed by atoms with Crippen LogP contribution in [0, 0.1) is 5.92 Å². The summed E-state index contributed by atoms with van der Waals surface area (Å²) in [5.41, 5.74) is 0. The summed E-state index contributed by atoms with van der Waals surface area (Å²) in [6.45, 7) is 1.69. The van der Waals surface area contributed by atoms with Gasteiger partial charge in [0.25, 0.3) is 0 Å². The van der Waals surface area contributed by atoms with E-state index in [9.17, 15) is 0 Å². The van der Waals surface area contributed by atoms with Gasteiger partial charge in [0.15, 0.2) is 0 Å². The molecule has 5 nitrogen and oxygen atoms in total. The Labute approximate surface area is 102 Å². The molecule has 2 rings (SSSR count). The molecule has 1 aromatic rings. The van der Waals surface area contributed by atoms with E-state index >= 15 is 0 Å². The Morgan fingerprint density at radius 3 is 2.94 bits per heavy atom. The lowest BCUT2D eigenvalue weighted by Gasteiger charge is -2.30. The van der Waals surface area contributed by atoms with Gasteiger partial charge in [-0.25, -0.2) is 9.97 Å². The predicted molar refractivity (Wildman–Crippen MR) is 68.2 cm³/mol. The van der Waals surface area contributed by atoms with Crippen molar-refractivity contribution in [3.05, 3.63) is 12.4 Å². The molecule has 0 aliphatic heterocycles. The Hall–Kier alpha value is -1.36.